The molecule has 0 amide bonds. The molecule has 1 aromatic heterocycles. The fourth-order valence-corrected chi connectivity index (χ4v) is 4.69. The Kier molecular flexibility index (Phi) is 6.96. The number of aliphatic hydroxyl groups excluding tert-OH is 1. The van der Waals surface area contributed by atoms with Crippen LogP contribution in [0.15, 0.2) is 66.9 Å². The van der Waals surface area contributed by atoms with Gasteiger partial charge in [0.2, 0.25) is 0 Å². The van der Waals surface area contributed by atoms with Crippen molar-refractivity contribution < 1.29 is 10.2 Å². The number of benzene rings is 2. The molecule has 0 spiro atoms. The summed E-state index contributed by atoms with van der Waals surface area (Å²) in [6.45, 7) is 4.30. The molecule has 2 atom stereocenters. The second-order valence-corrected chi connectivity index (χ2v) is 9.01. The van der Waals surface area contributed by atoms with E-state index in [4.69, 9.17) is 11.6 Å². The number of hydrogen-bond donors (Lipinski definition) is 2. The minimum absolute atomic E-state index is 0.0380. The number of rotatable bonds is 6. The molecule has 2 N–H and O–H groups in total. The predicted molar refractivity (Wildman–Crippen MR) is 129 cm³/mol. The van der Waals surface area contributed by atoms with Crippen molar-refractivity contribution >= 4 is 17.3 Å². The molecule has 0 bridgehead atoms. The maximum absolute atomic E-state index is 11.2. The van der Waals surface area contributed by atoms with Gasteiger partial charge in [-0.2, -0.15) is 5.26 Å². The topological polar surface area (TPSA) is 83.6 Å². The summed E-state index contributed by atoms with van der Waals surface area (Å²) in [6.07, 6.45) is 1.63. The third kappa shape index (κ3) is 5.18. The summed E-state index contributed by atoms with van der Waals surface area (Å²) in [5, 5.41) is 30.2. The van der Waals surface area contributed by atoms with Gasteiger partial charge in [-0.25, -0.2) is 0 Å². The largest absolute Gasteiger partial charge is 0.390 e. The summed E-state index contributed by atoms with van der Waals surface area (Å²) < 4.78 is 0. The summed E-state index contributed by atoms with van der Waals surface area (Å²) in [4.78, 5) is 8.76. The second-order valence-electron chi connectivity index (χ2n) is 8.60. The summed E-state index contributed by atoms with van der Waals surface area (Å²) in [5.74, 6) is 0. The van der Waals surface area contributed by atoms with E-state index in [1.165, 1.54) is 0 Å². The van der Waals surface area contributed by atoms with Crippen LogP contribution in [0, 0.1) is 11.3 Å². The van der Waals surface area contributed by atoms with E-state index < -0.39 is 5.60 Å². The Morgan fingerprint density at radius 2 is 1.94 bits per heavy atom. The highest BCUT2D eigenvalue weighted by atomic mass is 35.5. The Hall–Kier alpha value is -2.95. The first-order valence-corrected chi connectivity index (χ1v) is 11.3. The van der Waals surface area contributed by atoms with E-state index in [9.17, 15) is 15.5 Å². The summed E-state index contributed by atoms with van der Waals surface area (Å²) in [7, 11) is 0. The monoisotopic (exact) mass is 462 g/mol. The van der Waals surface area contributed by atoms with Gasteiger partial charge in [0.05, 0.1) is 40.7 Å². The van der Waals surface area contributed by atoms with Crippen LogP contribution in [0.4, 0.5) is 5.69 Å². The van der Waals surface area contributed by atoms with Crippen LogP contribution < -0.4 is 4.90 Å². The first-order chi connectivity index (χ1) is 15.9. The van der Waals surface area contributed by atoms with Crippen molar-refractivity contribution in [3.63, 3.8) is 0 Å². The number of piperazine rings is 1. The Balaban J connectivity index is 1.58. The number of halogens is 1. The minimum atomic E-state index is -1.09. The van der Waals surface area contributed by atoms with Crippen LogP contribution in [0.5, 0.6) is 0 Å². The lowest BCUT2D eigenvalue weighted by atomic mass is 9.94. The zero-order valence-electron chi connectivity index (χ0n) is 18.5. The van der Waals surface area contributed by atoms with Crippen LogP contribution in [-0.4, -0.2) is 46.3 Å². The summed E-state index contributed by atoms with van der Waals surface area (Å²) in [6, 6.07) is 21.4. The van der Waals surface area contributed by atoms with E-state index in [-0.39, 0.29) is 12.6 Å². The van der Waals surface area contributed by atoms with Crippen LogP contribution in [0.3, 0.4) is 0 Å². The third-order valence-corrected chi connectivity index (χ3v) is 6.48. The van der Waals surface area contributed by atoms with Crippen molar-refractivity contribution in [2.75, 3.05) is 31.1 Å². The first-order valence-electron chi connectivity index (χ1n) is 10.9. The van der Waals surface area contributed by atoms with E-state index in [1.807, 2.05) is 30.3 Å². The zero-order valence-corrected chi connectivity index (χ0v) is 19.3. The number of pyridine rings is 1. The maximum Gasteiger partial charge on any atom is 0.101 e. The molecule has 1 aliphatic heterocycles. The fraction of sp³-hybridized carbons (Fsp3) is 0.308. The molecule has 170 valence electrons. The van der Waals surface area contributed by atoms with Crippen molar-refractivity contribution in [3.8, 4) is 6.07 Å². The van der Waals surface area contributed by atoms with Crippen LogP contribution >= 0.6 is 11.6 Å². The number of anilines is 1. The Morgan fingerprint density at radius 1 is 1.15 bits per heavy atom. The smallest absolute Gasteiger partial charge is 0.101 e. The average Bonchev–Trinajstić information content (AvgIpc) is 2.84. The quantitative estimate of drug-likeness (QED) is 0.578. The number of nitriles is 1. The van der Waals surface area contributed by atoms with Crippen molar-refractivity contribution in [2.24, 2.45) is 0 Å². The average molecular weight is 463 g/mol. The van der Waals surface area contributed by atoms with E-state index in [0.717, 1.165) is 24.3 Å². The summed E-state index contributed by atoms with van der Waals surface area (Å²) >= 11 is 6.57. The Bertz CT molecular complexity index is 1130. The number of hydrogen-bond acceptors (Lipinski definition) is 6. The molecule has 2 aromatic carbocycles. The van der Waals surface area contributed by atoms with E-state index in [2.05, 4.69) is 33.0 Å². The molecule has 2 heterocycles. The van der Waals surface area contributed by atoms with Crippen LogP contribution in [0.25, 0.3) is 0 Å². The number of aromatic nitrogens is 1. The molecule has 1 saturated heterocycles. The fourth-order valence-electron chi connectivity index (χ4n) is 4.40. The minimum Gasteiger partial charge on any atom is -0.390 e. The van der Waals surface area contributed by atoms with Gasteiger partial charge in [0.1, 0.15) is 5.60 Å². The molecule has 0 aliphatic carbocycles. The first kappa shape index (κ1) is 23.2. The number of aliphatic hydroxyl groups is 2. The van der Waals surface area contributed by atoms with Crippen LogP contribution in [0.2, 0.25) is 5.02 Å². The molecular weight excluding hydrogens is 436 g/mol. The van der Waals surface area contributed by atoms with E-state index >= 15 is 0 Å². The van der Waals surface area contributed by atoms with Crippen LogP contribution in [-0.2, 0) is 12.2 Å². The lowest BCUT2D eigenvalue weighted by Gasteiger charge is -2.45. The third-order valence-electron chi connectivity index (χ3n) is 6.18. The van der Waals surface area contributed by atoms with Crippen molar-refractivity contribution in [3.05, 3.63) is 94.3 Å². The van der Waals surface area contributed by atoms with Gasteiger partial charge in [0.25, 0.3) is 0 Å². The molecule has 0 radical (unpaired) electrons. The zero-order chi connectivity index (χ0) is 23.4. The Labute approximate surface area is 199 Å². The van der Waals surface area contributed by atoms with E-state index in [1.54, 1.807) is 31.3 Å². The van der Waals surface area contributed by atoms with Gasteiger partial charge in [-0.3, -0.25) is 9.88 Å². The van der Waals surface area contributed by atoms with Gasteiger partial charge in [-0.05, 0) is 36.8 Å². The van der Waals surface area contributed by atoms with Gasteiger partial charge in [0, 0.05) is 37.9 Å². The van der Waals surface area contributed by atoms with Crippen molar-refractivity contribution in [1.82, 2.24) is 9.88 Å². The SMILES string of the molecule is C[C@@](O)(CN1CCN(c2ccc(C#N)cc2Cl)C(c2ccccc2)C1)c1ccc(CO)nc1. The van der Waals surface area contributed by atoms with Gasteiger partial charge in [-0.1, -0.05) is 48.0 Å². The molecule has 4 rings (SSSR count). The molecule has 1 unspecified atom stereocenters. The highest BCUT2D eigenvalue weighted by molar-refractivity contribution is 6.33. The summed E-state index contributed by atoms with van der Waals surface area (Å²) in [5.41, 5.74) is 2.81. The highest BCUT2D eigenvalue weighted by Gasteiger charge is 2.34. The lowest BCUT2D eigenvalue weighted by Crippen LogP contribution is -2.52. The maximum atomic E-state index is 11.2. The molecule has 7 heteroatoms. The molecule has 1 fully saturated rings. The molecule has 6 nitrogen and oxygen atoms in total. The Morgan fingerprint density at radius 3 is 2.58 bits per heavy atom. The molecular formula is C26H27ClN4O2. The number of β-amino-alcohol motifs (C(OH)–C–C–N with tert-alkyl or cyclic N) is 1. The van der Waals surface area contributed by atoms with Gasteiger partial charge >= 0.3 is 0 Å². The van der Waals surface area contributed by atoms with E-state index in [0.29, 0.717) is 34.9 Å². The predicted octanol–water partition coefficient (Wildman–Crippen LogP) is 3.87. The highest BCUT2D eigenvalue weighted by Crippen LogP contribution is 2.36. The molecule has 3 aromatic rings. The van der Waals surface area contributed by atoms with Crippen LogP contribution in [0.1, 0.15) is 35.3 Å². The molecule has 0 saturated carbocycles. The van der Waals surface area contributed by atoms with Gasteiger partial charge < -0.3 is 15.1 Å². The second kappa shape index (κ2) is 9.90. The van der Waals surface area contributed by atoms with Crippen molar-refractivity contribution in [2.45, 2.75) is 25.2 Å². The standard InChI is InChI=1S/C26H27ClN4O2/c1-26(33,21-8-9-22(17-32)29-15-21)18-30-11-12-31(24-10-7-19(14-28)13-23(24)27)25(16-30)20-5-3-2-4-6-20/h2-10,13,15,25,32-33H,11-12,16-18H2,1H3/t25?,26-/m1/s1. The molecule has 1 aliphatic rings. The molecule has 33 heavy (non-hydrogen) atoms. The lowest BCUT2D eigenvalue weighted by molar-refractivity contribution is 0.00997. The van der Waals surface area contributed by atoms with Crippen molar-refractivity contribution in [1.29, 1.82) is 5.26 Å². The van der Waals surface area contributed by atoms with Gasteiger partial charge in [0.15, 0.2) is 0 Å². The number of nitrogens with zero attached hydrogens (tertiary/aromatic N) is 4. The van der Waals surface area contributed by atoms with Gasteiger partial charge in [-0.15, -0.1) is 0 Å². The normalized spacial score (nSPS) is 18.5.